The number of esters is 1. The van der Waals surface area contributed by atoms with Gasteiger partial charge in [-0.05, 0) is 31.0 Å². The Morgan fingerprint density at radius 2 is 1.85 bits per heavy atom. The molecule has 3 nitrogen and oxygen atoms in total. The number of aryl methyl sites for hydroxylation is 1. The number of nitrogens with one attached hydrogen (secondary N) is 1. The molecule has 0 aliphatic carbocycles. The predicted octanol–water partition coefficient (Wildman–Crippen LogP) is 4.55. The van der Waals surface area contributed by atoms with Crippen LogP contribution in [0.2, 0.25) is 0 Å². The van der Waals surface area contributed by atoms with Crippen molar-refractivity contribution in [2.24, 2.45) is 0 Å². The maximum absolute atomic E-state index is 11.5. The van der Waals surface area contributed by atoms with Gasteiger partial charge in [0.1, 0.15) is 0 Å². The van der Waals surface area contributed by atoms with Gasteiger partial charge in [-0.2, -0.15) is 0 Å². The minimum atomic E-state index is -0.285. The van der Waals surface area contributed by atoms with E-state index < -0.39 is 0 Å². The van der Waals surface area contributed by atoms with Crippen molar-refractivity contribution in [3.05, 3.63) is 29.3 Å². The van der Waals surface area contributed by atoms with Gasteiger partial charge in [0.2, 0.25) is 0 Å². The van der Waals surface area contributed by atoms with Crippen LogP contribution in [0, 0.1) is 6.92 Å². The fourth-order valence-electron chi connectivity index (χ4n) is 2.19. The lowest BCUT2D eigenvalue weighted by atomic mass is 10.1. The topological polar surface area (TPSA) is 38.3 Å². The molecule has 0 bridgehead atoms. The summed E-state index contributed by atoms with van der Waals surface area (Å²) in [6.45, 7) is 5.24. The van der Waals surface area contributed by atoms with Crippen molar-refractivity contribution < 1.29 is 9.53 Å². The molecule has 0 aromatic heterocycles. The van der Waals surface area contributed by atoms with Crippen LogP contribution in [0.5, 0.6) is 0 Å². The molecular formula is C17H27NO2. The van der Waals surface area contributed by atoms with Crippen molar-refractivity contribution in [1.29, 1.82) is 0 Å². The van der Waals surface area contributed by atoms with Crippen molar-refractivity contribution in [2.45, 2.75) is 52.4 Å². The normalized spacial score (nSPS) is 10.3. The first kappa shape index (κ1) is 16.5. The zero-order valence-corrected chi connectivity index (χ0v) is 13.0. The van der Waals surface area contributed by atoms with Crippen LogP contribution in [0.15, 0.2) is 18.2 Å². The molecule has 0 aliphatic heterocycles. The molecule has 0 fully saturated rings. The Bertz CT molecular complexity index is 415. The van der Waals surface area contributed by atoms with Crippen molar-refractivity contribution in [3.63, 3.8) is 0 Å². The second-order valence-electron chi connectivity index (χ2n) is 5.22. The molecule has 1 aromatic carbocycles. The molecule has 1 aromatic rings. The number of benzene rings is 1. The molecule has 0 saturated carbocycles. The molecule has 0 aliphatic rings. The molecule has 0 saturated heterocycles. The third-order valence-electron chi connectivity index (χ3n) is 3.50. The smallest absolute Gasteiger partial charge is 0.337 e. The van der Waals surface area contributed by atoms with Gasteiger partial charge in [-0.15, -0.1) is 0 Å². The maximum atomic E-state index is 11.5. The quantitative estimate of drug-likeness (QED) is 0.531. The summed E-state index contributed by atoms with van der Waals surface area (Å²) >= 11 is 0. The standard InChI is InChI=1S/C17H27NO2/c1-4-5-6-7-8-9-12-18-16-13-15(17(19)20-3)11-10-14(16)2/h10-11,13,18H,4-9,12H2,1-3H3. The highest BCUT2D eigenvalue weighted by Crippen LogP contribution is 2.18. The molecule has 0 unspecified atom stereocenters. The minimum Gasteiger partial charge on any atom is -0.465 e. The number of hydrogen-bond donors (Lipinski definition) is 1. The molecule has 0 atom stereocenters. The van der Waals surface area contributed by atoms with E-state index >= 15 is 0 Å². The number of carbonyl (C=O) groups excluding carboxylic acids is 1. The molecule has 20 heavy (non-hydrogen) atoms. The monoisotopic (exact) mass is 277 g/mol. The van der Waals surface area contributed by atoms with Crippen LogP contribution in [-0.4, -0.2) is 19.6 Å². The summed E-state index contributed by atoms with van der Waals surface area (Å²) in [6, 6.07) is 5.63. The molecule has 0 amide bonds. The summed E-state index contributed by atoms with van der Waals surface area (Å²) in [5.41, 5.74) is 2.79. The average molecular weight is 277 g/mol. The second-order valence-corrected chi connectivity index (χ2v) is 5.22. The lowest BCUT2D eigenvalue weighted by Gasteiger charge is -2.11. The average Bonchev–Trinajstić information content (AvgIpc) is 2.47. The molecule has 3 heteroatoms. The van der Waals surface area contributed by atoms with Gasteiger partial charge in [-0.1, -0.05) is 45.1 Å². The van der Waals surface area contributed by atoms with Gasteiger partial charge in [-0.3, -0.25) is 0 Å². The van der Waals surface area contributed by atoms with Crippen LogP contribution in [-0.2, 0) is 4.74 Å². The van der Waals surface area contributed by atoms with E-state index in [4.69, 9.17) is 4.74 Å². The number of methoxy groups -OCH3 is 1. The largest absolute Gasteiger partial charge is 0.465 e. The lowest BCUT2D eigenvalue weighted by Crippen LogP contribution is -2.06. The van der Waals surface area contributed by atoms with Gasteiger partial charge < -0.3 is 10.1 Å². The number of rotatable bonds is 9. The minimum absolute atomic E-state index is 0.285. The van der Waals surface area contributed by atoms with Crippen molar-refractivity contribution in [2.75, 3.05) is 19.0 Å². The van der Waals surface area contributed by atoms with Crippen molar-refractivity contribution >= 4 is 11.7 Å². The summed E-state index contributed by atoms with van der Waals surface area (Å²) in [4.78, 5) is 11.5. The fraction of sp³-hybridized carbons (Fsp3) is 0.588. The van der Waals surface area contributed by atoms with Crippen LogP contribution < -0.4 is 5.32 Å². The van der Waals surface area contributed by atoms with Crippen molar-refractivity contribution in [1.82, 2.24) is 0 Å². The van der Waals surface area contributed by atoms with Crippen molar-refractivity contribution in [3.8, 4) is 0 Å². The second kappa shape index (κ2) is 9.40. The van der Waals surface area contributed by atoms with E-state index in [1.54, 1.807) is 6.07 Å². The van der Waals surface area contributed by atoms with E-state index in [-0.39, 0.29) is 5.97 Å². The summed E-state index contributed by atoms with van der Waals surface area (Å²) in [5.74, 6) is -0.285. The van der Waals surface area contributed by atoms with E-state index in [0.29, 0.717) is 5.56 Å². The highest BCUT2D eigenvalue weighted by Gasteiger charge is 2.07. The van der Waals surface area contributed by atoms with E-state index in [9.17, 15) is 4.79 Å². The van der Waals surface area contributed by atoms with Crippen LogP contribution >= 0.6 is 0 Å². The highest BCUT2D eigenvalue weighted by molar-refractivity contribution is 5.90. The Morgan fingerprint density at radius 3 is 2.55 bits per heavy atom. The molecule has 0 spiro atoms. The van der Waals surface area contributed by atoms with Crippen LogP contribution in [0.1, 0.15) is 61.4 Å². The maximum Gasteiger partial charge on any atom is 0.337 e. The van der Waals surface area contributed by atoms with Crippen LogP contribution in [0.3, 0.4) is 0 Å². The number of ether oxygens (including phenoxy) is 1. The third kappa shape index (κ3) is 5.64. The van der Waals surface area contributed by atoms with Crippen LogP contribution in [0.4, 0.5) is 5.69 Å². The zero-order valence-electron chi connectivity index (χ0n) is 13.0. The number of unbranched alkanes of at least 4 members (excludes halogenated alkanes) is 5. The first-order valence-electron chi connectivity index (χ1n) is 7.62. The Balaban J connectivity index is 2.37. The lowest BCUT2D eigenvalue weighted by molar-refractivity contribution is 0.0601. The van der Waals surface area contributed by atoms with Gasteiger partial charge in [0.05, 0.1) is 12.7 Å². The number of anilines is 1. The zero-order chi connectivity index (χ0) is 14.8. The fourth-order valence-corrected chi connectivity index (χ4v) is 2.19. The first-order chi connectivity index (χ1) is 9.69. The SMILES string of the molecule is CCCCCCCCNc1cc(C(=O)OC)ccc1C. The van der Waals surface area contributed by atoms with E-state index in [1.807, 2.05) is 19.1 Å². The molecule has 0 radical (unpaired) electrons. The van der Waals surface area contributed by atoms with Gasteiger partial charge in [0.25, 0.3) is 0 Å². The Kier molecular flexibility index (Phi) is 7.78. The van der Waals surface area contributed by atoms with Gasteiger partial charge in [-0.25, -0.2) is 4.79 Å². The molecule has 0 heterocycles. The highest BCUT2D eigenvalue weighted by atomic mass is 16.5. The first-order valence-corrected chi connectivity index (χ1v) is 7.62. The Morgan fingerprint density at radius 1 is 1.15 bits per heavy atom. The molecule has 1 N–H and O–H groups in total. The summed E-state index contributed by atoms with van der Waals surface area (Å²) in [6.07, 6.45) is 7.73. The Hall–Kier alpha value is -1.51. The van der Waals surface area contributed by atoms with Gasteiger partial charge in [0, 0.05) is 12.2 Å². The Labute approximate surface area is 122 Å². The summed E-state index contributed by atoms with van der Waals surface area (Å²) < 4.78 is 4.74. The molecule has 112 valence electrons. The number of carbonyl (C=O) groups is 1. The number of hydrogen-bond acceptors (Lipinski definition) is 3. The van der Waals surface area contributed by atoms with Gasteiger partial charge in [0.15, 0.2) is 0 Å². The van der Waals surface area contributed by atoms with Crippen LogP contribution in [0.25, 0.3) is 0 Å². The summed E-state index contributed by atoms with van der Waals surface area (Å²) in [5, 5.41) is 3.42. The van der Waals surface area contributed by atoms with E-state index in [2.05, 4.69) is 12.2 Å². The predicted molar refractivity (Wildman–Crippen MR) is 84.4 cm³/mol. The van der Waals surface area contributed by atoms with Gasteiger partial charge >= 0.3 is 5.97 Å². The van der Waals surface area contributed by atoms with E-state index in [0.717, 1.165) is 17.8 Å². The third-order valence-corrected chi connectivity index (χ3v) is 3.50. The molecule has 1 rings (SSSR count). The molecular weight excluding hydrogens is 250 g/mol. The van der Waals surface area contributed by atoms with E-state index in [1.165, 1.54) is 45.6 Å². The summed E-state index contributed by atoms with van der Waals surface area (Å²) in [7, 11) is 1.41.